The molecule has 1 aromatic heterocycles. The highest BCUT2D eigenvalue weighted by atomic mass is 35.5. The average Bonchev–Trinajstić information content (AvgIpc) is 2.04. The van der Waals surface area contributed by atoms with Crippen LogP contribution in [0.2, 0.25) is 5.15 Å². The second-order valence-corrected chi connectivity index (χ2v) is 2.73. The van der Waals surface area contributed by atoms with Gasteiger partial charge in [0.1, 0.15) is 5.15 Å². The summed E-state index contributed by atoms with van der Waals surface area (Å²) in [4.78, 5) is 7.69. The van der Waals surface area contributed by atoms with Gasteiger partial charge in [-0.15, -0.1) is 6.58 Å². The number of nitrogens with one attached hydrogen (secondary N) is 1. The normalized spacial score (nSPS) is 9.62. The molecular weight excluding hydrogens is 188 g/mol. The van der Waals surface area contributed by atoms with E-state index in [4.69, 9.17) is 22.7 Å². The molecule has 0 aliphatic rings. The van der Waals surface area contributed by atoms with Gasteiger partial charge in [-0.1, -0.05) is 17.7 Å². The van der Waals surface area contributed by atoms with Gasteiger partial charge in [0, 0.05) is 12.6 Å². The number of anilines is 1. The topological polar surface area (TPSA) is 75.7 Å². The number of nitrogens with two attached hydrogens (primary N) is 1. The summed E-state index contributed by atoms with van der Waals surface area (Å²) in [5.41, 5.74) is 6.52. The predicted octanol–water partition coefficient (Wildman–Crippen LogP) is 1.44. The van der Waals surface area contributed by atoms with Crippen molar-refractivity contribution in [2.45, 2.75) is 6.42 Å². The van der Waals surface area contributed by atoms with E-state index in [-0.39, 0.29) is 11.1 Å². The molecule has 0 saturated carbocycles. The molecule has 0 atom stereocenters. The fourth-order valence-electron chi connectivity index (χ4n) is 0.939. The zero-order valence-corrected chi connectivity index (χ0v) is 7.67. The molecule has 0 unspecified atom stereocenters. The predicted molar refractivity (Wildman–Crippen MR) is 53.2 cm³/mol. The molecule has 1 aromatic rings. The Bertz CT molecular complexity index is 348. The Balaban J connectivity index is 3.28. The first-order valence-electron chi connectivity index (χ1n) is 3.62. The molecule has 0 radical (unpaired) electrons. The van der Waals surface area contributed by atoms with Crippen LogP contribution < -0.4 is 5.73 Å². The Morgan fingerprint density at radius 2 is 2.23 bits per heavy atom. The summed E-state index contributed by atoms with van der Waals surface area (Å²) in [6.07, 6.45) is 3.31. The maximum atomic E-state index is 7.11. The zero-order valence-electron chi connectivity index (χ0n) is 6.92. The van der Waals surface area contributed by atoms with E-state index in [2.05, 4.69) is 16.5 Å². The molecule has 5 heteroatoms. The van der Waals surface area contributed by atoms with Crippen molar-refractivity contribution in [3.05, 3.63) is 29.1 Å². The van der Waals surface area contributed by atoms with Crippen LogP contribution in [0.4, 0.5) is 5.95 Å². The van der Waals surface area contributed by atoms with Crippen LogP contribution in [-0.2, 0) is 6.42 Å². The molecule has 1 rings (SSSR count). The first-order valence-corrected chi connectivity index (χ1v) is 4.00. The van der Waals surface area contributed by atoms with Crippen LogP contribution in [0.1, 0.15) is 11.3 Å². The standard InChI is InChI=1S/C8H9ClN4/c1-2-3-6-5(4-10)7(9)13-8(11)12-6/h2,4,10H,1,3H2,(H2,11,12,13). The zero-order chi connectivity index (χ0) is 9.84. The number of hydrogen-bond acceptors (Lipinski definition) is 4. The number of nitrogens with zero attached hydrogens (tertiary/aromatic N) is 2. The maximum absolute atomic E-state index is 7.11. The van der Waals surface area contributed by atoms with Crippen molar-refractivity contribution in [1.29, 1.82) is 5.41 Å². The third kappa shape index (κ3) is 2.03. The van der Waals surface area contributed by atoms with Crippen LogP contribution >= 0.6 is 11.6 Å². The highest BCUT2D eigenvalue weighted by Gasteiger charge is 2.07. The van der Waals surface area contributed by atoms with Crippen LogP contribution in [-0.4, -0.2) is 16.2 Å². The van der Waals surface area contributed by atoms with Gasteiger partial charge in [0.15, 0.2) is 0 Å². The summed E-state index contributed by atoms with van der Waals surface area (Å²) < 4.78 is 0. The van der Waals surface area contributed by atoms with E-state index >= 15 is 0 Å². The summed E-state index contributed by atoms with van der Waals surface area (Å²) >= 11 is 5.75. The van der Waals surface area contributed by atoms with Gasteiger partial charge in [-0.05, 0) is 0 Å². The van der Waals surface area contributed by atoms with Gasteiger partial charge in [-0.2, -0.15) is 0 Å². The number of aromatic nitrogens is 2. The molecule has 0 aromatic carbocycles. The Morgan fingerprint density at radius 1 is 1.54 bits per heavy atom. The van der Waals surface area contributed by atoms with E-state index in [9.17, 15) is 0 Å². The summed E-state index contributed by atoms with van der Waals surface area (Å²) in [5, 5.41) is 7.32. The molecule has 4 nitrogen and oxygen atoms in total. The second-order valence-electron chi connectivity index (χ2n) is 2.37. The fourth-order valence-corrected chi connectivity index (χ4v) is 1.19. The van der Waals surface area contributed by atoms with E-state index in [1.54, 1.807) is 6.08 Å². The van der Waals surface area contributed by atoms with E-state index in [0.717, 1.165) is 6.21 Å². The molecule has 0 aliphatic heterocycles. The summed E-state index contributed by atoms with van der Waals surface area (Å²) in [5.74, 6) is 0.118. The number of hydrogen-bond donors (Lipinski definition) is 2. The van der Waals surface area contributed by atoms with Gasteiger partial charge < -0.3 is 11.1 Å². The van der Waals surface area contributed by atoms with Crippen LogP contribution in [0.25, 0.3) is 0 Å². The van der Waals surface area contributed by atoms with Crippen molar-refractivity contribution in [1.82, 2.24) is 9.97 Å². The minimum Gasteiger partial charge on any atom is -0.368 e. The second kappa shape index (κ2) is 4.00. The van der Waals surface area contributed by atoms with Gasteiger partial charge >= 0.3 is 0 Å². The minimum absolute atomic E-state index is 0.118. The molecule has 0 amide bonds. The lowest BCUT2D eigenvalue weighted by atomic mass is 10.2. The van der Waals surface area contributed by atoms with Crippen LogP contribution in [0.15, 0.2) is 12.7 Å². The lowest BCUT2D eigenvalue weighted by molar-refractivity contribution is 1.06. The Kier molecular flexibility index (Phi) is 2.97. The van der Waals surface area contributed by atoms with Crippen molar-refractivity contribution in [2.75, 3.05) is 5.73 Å². The Hall–Kier alpha value is -1.42. The first kappa shape index (κ1) is 9.67. The van der Waals surface area contributed by atoms with Crippen molar-refractivity contribution < 1.29 is 0 Å². The maximum Gasteiger partial charge on any atom is 0.221 e. The molecule has 13 heavy (non-hydrogen) atoms. The first-order chi connectivity index (χ1) is 6.19. The summed E-state index contributed by atoms with van der Waals surface area (Å²) in [7, 11) is 0. The highest BCUT2D eigenvalue weighted by Crippen LogP contribution is 2.16. The molecular formula is C8H9ClN4. The average molecular weight is 197 g/mol. The molecule has 68 valence electrons. The van der Waals surface area contributed by atoms with E-state index < -0.39 is 0 Å². The molecule has 0 saturated heterocycles. The van der Waals surface area contributed by atoms with E-state index in [0.29, 0.717) is 17.7 Å². The van der Waals surface area contributed by atoms with Gasteiger partial charge in [-0.3, -0.25) is 0 Å². The smallest absolute Gasteiger partial charge is 0.221 e. The quantitative estimate of drug-likeness (QED) is 0.436. The molecule has 3 N–H and O–H groups in total. The summed E-state index contributed by atoms with van der Waals surface area (Å²) in [6, 6.07) is 0. The minimum atomic E-state index is 0.118. The number of nitrogen functional groups attached to an aromatic ring is 1. The van der Waals surface area contributed by atoms with Crippen molar-refractivity contribution in [3.63, 3.8) is 0 Å². The lowest BCUT2D eigenvalue weighted by Gasteiger charge is -2.04. The fraction of sp³-hybridized carbons (Fsp3) is 0.125. The molecule has 0 bridgehead atoms. The van der Waals surface area contributed by atoms with E-state index in [1.165, 1.54) is 0 Å². The summed E-state index contributed by atoms with van der Waals surface area (Å²) in [6.45, 7) is 3.57. The van der Waals surface area contributed by atoms with Gasteiger partial charge in [-0.25, -0.2) is 9.97 Å². The Labute approximate surface area is 81.0 Å². The van der Waals surface area contributed by atoms with Crippen LogP contribution in [0.3, 0.4) is 0 Å². The number of halogens is 1. The third-order valence-corrected chi connectivity index (χ3v) is 1.77. The Morgan fingerprint density at radius 3 is 2.77 bits per heavy atom. The van der Waals surface area contributed by atoms with E-state index in [1.807, 2.05) is 0 Å². The molecule has 0 aliphatic carbocycles. The monoisotopic (exact) mass is 196 g/mol. The van der Waals surface area contributed by atoms with Crippen LogP contribution in [0.5, 0.6) is 0 Å². The molecule has 0 spiro atoms. The van der Waals surface area contributed by atoms with Crippen molar-refractivity contribution in [2.24, 2.45) is 0 Å². The van der Waals surface area contributed by atoms with Gasteiger partial charge in [0.25, 0.3) is 0 Å². The molecule has 1 heterocycles. The number of allylic oxidation sites excluding steroid dienone is 1. The van der Waals surface area contributed by atoms with Crippen molar-refractivity contribution >= 4 is 23.8 Å². The van der Waals surface area contributed by atoms with Gasteiger partial charge in [0.2, 0.25) is 5.95 Å². The van der Waals surface area contributed by atoms with Crippen molar-refractivity contribution in [3.8, 4) is 0 Å². The SMILES string of the molecule is C=CCc1nc(N)nc(Cl)c1C=N. The van der Waals surface area contributed by atoms with Crippen LogP contribution in [0, 0.1) is 5.41 Å². The third-order valence-electron chi connectivity index (χ3n) is 1.48. The van der Waals surface area contributed by atoms with Gasteiger partial charge in [0.05, 0.1) is 11.3 Å². The molecule has 0 fully saturated rings. The number of rotatable bonds is 3. The lowest BCUT2D eigenvalue weighted by Crippen LogP contribution is -2.04. The highest BCUT2D eigenvalue weighted by molar-refractivity contribution is 6.32. The largest absolute Gasteiger partial charge is 0.368 e.